The predicted molar refractivity (Wildman–Crippen MR) is 81.3 cm³/mol. The number of carbonyl (C=O) groups excluding carboxylic acids is 2. The summed E-state index contributed by atoms with van der Waals surface area (Å²) in [5.41, 5.74) is 2.78. The van der Waals surface area contributed by atoms with Crippen molar-refractivity contribution in [3.63, 3.8) is 0 Å². The number of aromatic hydroxyl groups is 1. The predicted octanol–water partition coefficient (Wildman–Crippen LogP) is 2.59. The molecule has 0 atom stereocenters. The number of carbonyl (C=O) groups is 2. The van der Waals surface area contributed by atoms with E-state index in [-0.39, 0.29) is 5.75 Å². The van der Waals surface area contributed by atoms with Gasteiger partial charge in [-0.05, 0) is 49.7 Å². The smallest absolute Gasteiger partial charge is 0.314 e. The van der Waals surface area contributed by atoms with Gasteiger partial charge >= 0.3 is 11.8 Å². The van der Waals surface area contributed by atoms with E-state index in [0.717, 1.165) is 5.56 Å². The van der Waals surface area contributed by atoms with Gasteiger partial charge in [-0.25, -0.2) is 0 Å². The summed E-state index contributed by atoms with van der Waals surface area (Å²) in [5, 5.41) is 14.3. The molecule has 2 aromatic carbocycles. The minimum Gasteiger partial charge on any atom is -0.508 e. The lowest BCUT2D eigenvalue weighted by molar-refractivity contribution is -0.133. The van der Waals surface area contributed by atoms with Gasteiger partial charge in [0.05, 0.1) is 0 Å². The lowest BCUT2D eigenvalue weighted by Gasteiger charge is -2.09. The van der Waals surface area contributed by atoms with Gasteiger partial charge in [0.1, 0.15) is 5.75 Å². The summed E-state index contributed by atoms with van der Waals surface area (Å²) < 4.78 is 0. The zero-order valence-electron chi connectivity index (χ0n) is 11.8. The Kier molecular flexibility index (Phi) is 4.23. The summed E-state index contributed by atoms with van der Waals surface area (Å²) in [6.07, 6.45) is 0. The Labute approximate surface area is 122 Å². The lowest BCUT2D eigenvalue weighted by Crippen LogP contribution is -2.29. The Morgan fingerprint density at radius 3 is 2.14 bits per heavy atom. The van der Waals surface area contributed by atoms with Crippen molar-refractivity contribution in [1.82, 2.24) is 0 Å². The third-order valence-electron chi connectivity index (χ3n) is 2.97. The van der Waals surface area contributed by atoms with Gasteiger partial charge < -0.3 is 15.7 Å². The number of nitrogens with one attached hydrogen (secondary N) is 2. The Morgan fingerprint density at radius 2 is 1.52 bits per heavy atom. The van der Waals surface area contributed by atoms with Crippen LogP contribution >= 0.6 is 0 Å². The van der Waals surface area contributed by atoms with Gasteiger partial charge in [0.2, 0.25) is 0 Å². The van der Waals surface area contributed by atoms with Crippen molar-refractivity contribution in [2.24, 2.45) is 0 Å². The van der Waals surface area contributed by atoms with E-state index in [2.05, 4.69) is 10.6 Å². The molecule has 2 amide bonds. The van der Waals surface area contributed by atoms with Gasteiger partial charge in [0.15, 0.2) is 0 Å². The number of amides is 2. The second-order valence-electron chi connectivity index (χ2n) is 4.77. The van der Waals surface area contributed by atoms with Gasteiger partial charge in [-0.1, -0.05) is 17.7 Å². The molecule has 0 saturated carbocycles. The fourth-order valence-electron chi connectivity index (χ4n) is 1.79. The zero-order chi connectivity index (χ0) is 15.4. The Bertz CT molecular complexity index is 678. The van der Waals surface area contributed by atoms with Gasteiger partial charge in [-0.2, -0.15) is 0 Å². The molecule has 2 aromatic rings. The summed E-state index contributed by atoms with van der Waals surface area (Å²) >= 11 is 0. The van der Waals surface area contributed by atoms with E-state index in [9.17, 15) is 14.7 Å². The van der Waals surface area contributed by atoms with Crippen LogP contribution in [0.1, 0.15) is 11.1 Å². The van der Waals surface area contributed by atoms with E-state index in [1.165, 1.54) is 12.1 Å². The lowest BCUT2D eigenvalue weighted by atomic mass is 10.2. The number of aryl methyl sites for hydroxylation is 2. The van der Waals surface area contributed by atoms with Crippen LogP contribution in [0.15, 0.2) is 42.5 Å². The summed E-state index contributed by atoms with van der Waals surface area (Å²) in [5.74, 6) is -1.40. The quantitative estimate of drug-likeness (QED) is 0.586. The zero-order valence-corrected chi connectivity index (χ0v) is 11.8. The molecule has 0 aliphatic rings. The van der Waals surface area contributed by atoms with Crippen LogP contribution in [-0.2, 0) is 9.59 Å². The maximum Gasteiger partial charge on any atom is 0.314 e. The number of rotatable bonds is 2. The van der Waals surface area contributed by atoms with Crippen molar-refractivity contribution in [2.45, 2.75) is 13.8 Å². The van der Waals surface area contributed by atoms with E-state index in [0.29, 0.717) is 16.9 Å². The van der Waals surface area contributed by atoms with Crippen LogP contribution in [0.2, 0.25) is 0 Å². The molecule has 0 bridgehead atoms. The molecule has 5 heteroatoms. The summed E-state index contributed by atoms with van der Waals surface area (Å²) in [7, 11) is 0. The molecular formula is C16H16N2O3. The molecule has 0 aromatic heterocycles. The molecule has 2 rings (SSSR count). The minimum absolute atomic E-state index is 0.106. The Hall–Kier alpha value is -2.82. The van der Waals surface area contributed by atoms with Crippen LogP contribution in [0.25, 0.3) is 0 Å². The van der Waals surface area contributed by atoms with Crippen LogP contribution in [0.4, 0.5) is 11.4 Å². The first-order chi connectivity index (χ1) is 9.95. The highest BCUT2D eigenvalue weighted by atomic mass is 16.3. The fourth-order valence-corrected chi connectivity index (χ4v) is 1.79. The molecule has 108 valence electrons. The molecule has 0 aliphatic heterocycles. The molecule has 0 aliphatic carbocycles. The molecular weight excluding hydrogens is 268 g/mol. The molecule has 0 fully saturated rings. The standard InChI is InChI=1S/C16H16N2O3/c1-10-3-5-12(6-4-10)17-15(20)16(21)18-14-8-7-13(19)9-11(14)2/h3-9,19H,1-2H3,(H,17,20)(H,18,21). The maximum atomic E-state index is 11.8. The van der Waals surface area contributed by atoms with Crippen LogP contribution in [-0.4, -0.2) is 16.9 Å². The molecule has 0 saturated heterocycles. The van der Waals surface area contributed by atoms with E-state index in [1.807, 2.05) is 19.1 Å². The van der Waals surface area contributed by atoms with Crippen molar-refractivity contribution >= 4 is 23.2 Å². The number of anilines is 2. The molecule has 5 nitrogen and oxygen atoms in total. The monoisotopic (exact) mass is 284 g/mol. The first kappa shape index (κ1) is 14.6. The van der Waals surface area contributed by atoms with Crippen LogP contribution in [0, 0.1) is 13.8 Å². The molecule has 21 heavy (non-hydrogen) atoms. The van der Waals surface area contributed by atoms with Crippen LogP contribution < -0.4 is 10.6 Å². The van der Waals surface area contributed by atoms with E-state index >= 15 is 0 Å². The third-order valence-corrected chi connectivity index (χ3v) is 2.97. The number of hydrogen-bond donors (Lipinski definition) is 3. The van der Waals surface area contributed by atoms with Crippen molar-refractivity contribution in [2.75, 3.05) is 10.6 Å². The van der Waals surface area contributed by atoms with Crippen molar-refractivity contribution in [3.8, 4) is 5.75 Å². The summed E-state index contributed by atoms with van der Waals surface area (Å²) in [6.45, 7) is 3.67. The molecule has 3 N–H and O–H groups in total. The number of hydrogen-bond acceptors (Lipinski definition) is 3. The highest BCUT2D eigenvalue weighted by Crippen LogP contribution is 2.20. The summed E-state index contributed by atoms with van der Waals surface area (Å²) in [4.78, 5) is 23.6. The summed E-state index contributed by atoms with van der Waals surface area (Å²) in [6, 6.07) is 11.6. The Balaban J connectivity index is 2.02. The van der Waals surface area contributed by atoms with Crippen LogP contribution in [0.5, 0.6) is 5.75 Å². The minimum atomic E-state index is -0.760. The molecule has 0 radical (unpaired) electrons. The molecule has 0 spiro atoms. The maximum absolute atomic E-state index is 11.8. The number of benzene rings is 2. The topological polar surface area (TPSA) is 78.4 Å². The first-order valence-electron chi connectivity index (χ1n) is 6.44. The second-order valence-corrected chi connectivity index (χ2v) is 4.77. The first-order valence-corrected chi connectivity index (χ1v) is 6.44. The van der Waals surface area contributed by atoms with E-state index in [4.69, 9.17) is 0 Å². The normalized spacial score (nSPS) is 10.0. The van der Waals surface area contributed by atoms with Crippen molar-refractivity contribution in [3.05, 3.63) is 53.6 Å². The van der Waals surface area contributed by atoms with E-state index < -0.39 is 11.8 Å². The highest BCUT2D eigenvalue weighted by Gasteiger charge is 2.15. The van der Waals surface area contributed by atoms with Crippen molar-refractivity contribution in [1.29, 1.82) is 0 Å². The molecule has 0 heterocycles. The van der Waals surface area contributed by atoms with Gasteiger partial charge in [0.25, 0.3) is 0 Å². The third kappa shape index (κ3) is 3.82. The highest BCUT2D eigenvalue weighted by molar-refractivity contribution is 6.43. The fraction of sp³-hybridized carbons (Fsp3) is 0.125. The van der Waals surface area contributed by atoms with Gasteiger partial charge in [-0.3, -0.25) is 9.59 Å². The average molecular weight is 284 g/mol. The number of phenolic OH excluding ortho intramolecular Hbond substituents is 1. The SMILES string of the molecule is Cc1ccc(NC(=O)C(=O)Nc2ccc(O)cc2C)cc1. The largest absolute Gasteiger partial charge is 0.508 e. The second kappa shape index (κ2) is 6.09. The van der Waals surface area contributed by atoms with Gasteiger partial charge in [-0.15, -0.1) is 0 Å². The Morgan fingerprint density at radius 1 is 0.905 bits per heavy atom. The van der Waals surface area contributed by atoms with E-state index in [1.54, 1.807) is 25.1 Å². The average Bonchev–Trinajstić information content (AvgIpc) is 2.44. The van der Waals surface area contributed by atoms with Crippen molar-refractivity contribution < 1.29 is 14.7 Å². The van der Waals surface area contributed by atoms with Crippen LogP contribution in [0.3, 0.4) is 0 Å². The number of phenols is 1. The van der Waals surface area contributed by atoms with Gasteiger partial charge in [0, 0.05) is 11.4 Å². The molecule has 0 unspecified atom stereocenters.